The summed E-state index contributed by atoms with van der Waals surface area (Å²) < 4.78 is 13.0. The van der Waals surface area contributed by atoms with Gasteiger partial charge in [0, 0.05) is 0 Å². The lowest BCUT2D eigenvalue weighted by Crippen LogP contribution is -2.14. The number of hydrogen-bond donors (Lipinski definition) is 2. The molecule has 4 nitrogen and oxygen atoms in total. The SMILES string of the molecule is CC[C@H](Sc1nc2ccc(F)cc2[nH]1)C(=O)O. The molecule has 1 aromatic heterocycles. The van der Waals surface area contributed by atoms with Crippen molar-refractivity contribution < 1.29 is 14.3 Å². The second-order valence-corrected chi connectivity index (χ2v) is 4.75. The van der Waals surface area contributed by atoms with Crippen LogP contribution in [0.3, 0.4) is 0 Å². The number of nitrogens with zero attached hydrogens (tertiary/aromatic N) is 1. The molecule has 90 valence electrons. The van der Waals surface area contributed by atoms with E-state index < -0.39 is 11.2 Å². The van der Waals surface area contributed by atoms with Crippen molar-refractivity contribution in [1.82, 2.24) is 9.97 Å². The zero-order chi connectivity index (χ0) is 12.4. The van der Waals surface area contributed by atoms with Crippen LogP contribution in [-0.4, -0.2) is 26.3 Å². The third-order valence-electron chi connectivity index (χ3n) is 2.32. The minimum absolute atomic E-state index is 0.344. The van der Waals surface area contributed by atoms with E-state index in [1.165, 1.54) is 12.1 Å². The van der Waals surface area contributed by atoms with Crippen LogP contribution in [0.25, 0.3) is 11.0 Å². The molecule has 2 rings (SSSR count). The molecule has 0 bridgehead atoms. The number of rotatable bonds is 4. The first-order valence-electron chi connectivity index (χ1n) is 5.15. The predicted molar refractivity (Wildman–Crippen MR) is 63.6 cm³/mol. The lowest BCUT2D eigenvalue weighted by Gasteiger charge is -2.05. The second kappa shape index (κ2) is 4.75. The summed E-state index contributed by atoms with van der Waals surface area (Å²) in [5, 5.41) is 8.89. The molecule has 0 radical (unpaired) electrons. The molecule has 0 aliphatic carbocycles. The Hall–Kier alpha value is -1.56. The summed E-state index contributed by atoms with van der Waals surface area (Å²) in [4.78, 5) is 18.0. The summed E-state index contributed by atoms with van der Waals surface area (Å²) in [5.74, 6) is -1.22. The van der Waals surface area contributed by atoms with E-state index in [0.717, 1.165) is 11.8 Å². The molecule has 2 N–H and O–H groups in total. The number of carbonyl (C=O) groups is 1. The smallest absolute Gasteiger partial charge is 0.317 e. The quantitative estimate of drug-likeness (QED) is 0.823. The molecule has 6 heteroatoms. The fourth-order valence-corrected chi connectivity index (χ4v) is 2.31. The topological polar surface area (TPSA) is 66.0 Å². The highest BCUT2D eigenvalue weighted by molar-refractivity contribution is 8.00. The Balaban J connectivity index is 2.27. The van der Waals surface area contributed by atoms with Crippen molar-refractivity contribution in [3.63, 3.8) is 0 Å². The molecule has 0 saturated carbocycles. The standard InChI is InChI=1S/C11H11FN2O2S/c1-2-9(10(15)16)17-11-13-7-4-3-6(12)5-8(7)14-11/h3-5,9H,2H2,1H3,(H,13,14)(H,15,16)/t9-/m0/s1. The van der Waals surface area contributed by atoms with Gasteiger partial charge in [-0.3, -0.25) is 4.79 Å². The zero-order valence-corrected chi connectivity index (χ0v) is 9.92. The van der Waals surface area contributed by atoms with E-state index in [1.807, 2.05) is 0 Å². The highest BCUT2D eigenvalue weighted by Crippen LogP contribution is 2.25. The Kier molecular flexibility index (Phi) is 3.33. The van der Waals surface area contributed by atoms with E-state index in [1.54, 1.807) is 13.0 Å². The first-order chi connectivity index (χ1) is 8.10. The minimum atomic E-state index is -0.871. The number of hydrogen-bond acceptors (Lipinski definition) is 3. The van der Waals surface area contributed by atoms with Crippen molar-refractivity contribution in [3.8, 4) is 0 Å². The number of nitrogens with one attached hydrogen (secondary N) is 1. The van der Waals surface area contributed by atoms with Gasteiger partial charge in [-0.15, -0.1) is 0 Å². The van der Waals surface area contributed by atoms with Crippen LogP contribution in [-0.2, 0) is 4.79 Å². The molecular weight excluding hydrogens is 243 g/mol. The van der Waals surface area contributed by atoms with Gasteiger partial charge in [0.25, 0.3) is 0 Å². The van der Waals surface area contributed by atoms with Crippen LogP contribution in [0.15, 0.2) is 23.4 Å². The van der Waals surface area contributed by atoms with Gasteiger partial charge in [0.05, 0.1) is 11.0 Å². The van der Waals surface area contributed by atoms with Crippen molar-refractivity contribution in [2.24, 2.45) is 0 Å². The first-order valence-corrected chi connectivity index (χ1v) is 6.03. The number of carboxylic acid groups (broad SMARTS) is 1. The molecule has 0 unspecified atom stereocenters. The van der Waals surface area contributed by atoms with Crippen LogP contribution in [0.2, 0.25) is 0 Å². The molecule has 0 spiro atoms. The number of benzene rings is 1. The largest absolute Gasteiger partial charge is 0.480 e. The monoisotopic (exact) mass is 254 g/mol. The van der Waals surface area contributed by atoms with Crippen LogP contribution in [0.5, 0.6) is 0 Å². The van der Waals surface area contributed by atoms with E-state index >= 15 is 0 Å². The maximum atomic E-state index is 13.0. The maximum Gasteiger partial charge on any atom is 0.317 e. The van der Waals surface area contributed by atoms with Crippen LogP contribution in [0, 0.1) is 5.82 Å². The molecule has 17 heavy (non-hydrogen) atoms. The molecule has 1 heterocycles. The molecule has 1 atom stereocenters. The Morgan fingerprint density at radius 1 is 1.65 bits per heavy atom. The first kappa shape index (κ1) is 11.9. The maximum absolute atomic E-state index is 13.0. The van der Waals surface area contributed by atoms with Gasteiger partial charge in [0.2, 0.25) is 0 Å². The van der Waals surface area contributed by atoms with Crippen molar-refractivity contribution in [1.29, 1.82) is 0 Å². The third kappa shape index (κ3) is 2.58. The number of H-pyrrole nitrogens is 1. The highest BCUT2D eigenvalue weighted by atomic mass is 32.2. The third-order valence-corrected chi connectivity index (χ3v) is 3.56. The van der Waals surface area contributed by atoms with E-state index in [-0.39, 0.29) is 5.82 Å². The van der Waals surface area contributed by atoms with Crippen molar-refractivity contribution in [2.75, 3.05) is 0 Å². The van der Waals surface area contributed by atoms with E-state index in [4.69, 9.17) is 5.11 Å². The number of aliphatic carboxylic acids is 1. The fourth-order valence-electron chi connectivity index (χ4n) is 1.46. The van der Waals surface area contributed by atoms with Crippen LogP contribution in [0.4, 0.5) is 4.39 Å². The van der Waals surface area contributed by atoms with Gasteiger partial charge < -0.3 is 10.1 Å². The Morgan fingerprint density at radius 3 is 3.06 bits per heavy atom. The van der Waals surface area contributed by atoms with Crippen molar-refractivity contribution >= 4 is 28.8 Å². The average Bonchev–Trinajstić information content (AvgIpc) is 2.66. The number of aromatic nitrogens is 2. The van der Waals surface area contributed by atoms with Gasteiger partial charge in [-0.05, 0) is 24.6 Å². The van der Waals surface area contributed by atoms with Gasteiger partial charge in [0.1, 0.15) is 11.1 Å². The van der Waals surface area contributed by atoms with E-state index in [2.05, 4.69) is 9.97 Å². The molecule has 0 saturated heterocycles. The Morgan fingerprint density at radius 2 is 2.41 bits per heavy atom. The predicted octanol–water partition coefficient (Wildman–Crippen LogP) is 2.66. The highest BCUT2D eigenvalue weighted by Gasteiger charge is 2.18. The van der Waals surface area contributed by atoms with Gasteiger partial charge in [0.15, 0.2) is 5.16 Å². The summed E-state index contributed by atoms with van der Waals surface area (Å²) in [5.41, 5.74) is 1.21. The van der Waals surface area contributed by atoms with Crippen LogP contribution >= 0.6 is 11.8 Å². The number of thioether (sulfide) groups is 1. The van der Waals surface area contributed by atoms with E-state index in [9.17, 15) is 9.18 Å². The number of carboxylic acids is 1. The molecule has 0 aliphatic rings. The fraction of sp³-hybridized carbons (Fsp3) is 0.273. The Bertz CT molecular complexity index is 555. The van der Waals surface area contributed by atoms with Crippen LogP contribution in [0.1, 0.15) is 13.3 Å². The van der Waals surface area contributed by atoms with E-state index in [0.29, 0.717) is 22.6 Å². The van der Waals surface area contributed by atoms with Crippen molar-refractivity contribution in [3.05, 3.63) is 24.0 Å². The summed E-state index contributed by atoms with van der Waals surface area (Å²) in [6.07, 6.45) is 0.505. The molecular formula is C11H11FN2O2S. The van der Waals surface area contributed by atoms with Gasteiger partial charge >= 0.3 is 5.97 Å². The normalized spacial score (nSPS) is 12.8. The average molecular weight is 254 g/mol. The zero-order valence-electron chi connectivity index (χ0n) is 9.11. The summed E-state index contributed by atoms with van der Waals surface area (Å²) in [7, 11) is 0. The molecule has 0 fully saturated rings. The molecule has 0 aliphatic heterocycles. The molecule has 2 aromatic rings. The summed E-state index contributed by atoms with van der Waals surface area (Å²) >= 11 is 1.14. The number of fused-ring (bicyclic) bond motifs is 1. The van der Waals surface area contributed by atoms with Gasteiger partial charge in [-0.2, -0.15) is 0 Å². The van der Waals surface area contributed by atoms with Gasteiger partial charge in [-0.25, -0.2) is 9.37 Å². The van der Waals surface area contributed by atoms with Gasteiger partial charge in [-0.1, -0.05) is 18.7 Å². The Labute approximate surface area is 101 Å². The van der Waals surface area contributed by atoms with Crippen LogP contribution < -0.4 is 0 Å². The summed E-state index contributed by atoms with van der Waals surface area (Å²) in [6.45, 7) is 1.80. The second-order valence-electron chi connectivity index (χ2n) is 3.56. The lowest BCUT2D eigenvalue weighted by molar-refractivity contribution is -0.136. The number of aromatic amines is 1. The van der Waals surface area contributed by atoms with Crippen molar-refractivity contribution in [2.45, 2.75) is 23.8 Å². The lowest BCUT2D eigenvalue weighted by atomic mass is 10.3. The molecule has 1 aromatic carbocycles. The number of halogens is 1. The number of imidazole rings is 1. The molecule has 0 amide bonds. The minimum Gasteiger partial charge on any atom is -0.480 e. The summed E-state index contributed by atoms with van der Waals surface area (Å²) in [6, 6.07) is 4.23.